The van der Waals surface area contributed by atoms with E-state index in [1.165, 1.54) is 10.4 Å². The number of anilines is 1. The molecule has 0 unspecified atom stereocenters. The summed E-state index contributed by atoms with van der Waals surface area (Å²) >= 11 is 0. The lowest BCUT2D eigenvalue weighted by Crippen LogP contribution is -2.35. The Morgan fingerprint density at radius 3 is 2.46 bits per heavy atom. The first kappa shape index (κ1) is 20.8. The van der Waals surface area contributed by atoms with Crippen LogP contribution in [0.4, 0.5) is 5.69 Å². The second-order valence-corrected chi connectivity index (χ2v) is 9.52. The van der Waals surface area contributed by atoms with Gasteiger partial charge in [-0.2, -0.15) is 4.31 Å². The number of nitrogens with zero attached hydrogens (tertiary/aromatic N) is 1. The zero-order chi connectivity index (χ0) is 20.1. The van der Waals surface area contributed by atoms with Gasteiger partial charge in [-0.05, 0) is 50.3 Å². The van der Waals surface area contributed by atoms with Crippen LogP contribution in [0.25, 0.3) is 0 Å². The van der Waals surface area contributed by atoms with E-state index in [1.54, 1.807) is 19.1 Å². The molecule has 3 rings (SSSR count). The monoisotopic (exact) mass is 408 g/mol. The lowest BCUT2D eigenvalue weighted by molar-refractivity contribution is -0.151. The second kappa shape index (κ2) is 9.05. The maximum atomic E-state index is 12.8. The Balaban J connectivity index is 1.64. The molecule has 2 fully saturated rings. The van der Waals surface area contributed by atoms with E-state index < -0.39 is 15.9 Å². The Morgan fingerprint density at radius 2 is 1.79 bits per heavy atom. The lowest BCUT2D eigenvalue weighted by Gasteiger charge is -2.26. The molecular formula is C20H28N2O5S. The molecule has 1 aliphatic heterocycles. The molecule has 1 aromatic rings. The second-order valence-electron chi connectivity index (χ2n) is 7.58. The van der Waals surface area contributed by atoms with Gasteiger partial charge in [-0.25, -0.2) is 8.42 Å². The number of carbonyl (C=O) groups is 2. The molecule has 0 atom stereocenters. The Bertz CT molecular complexity index is 825. The molecule has 1 saturated heterocycles. The zero-order valence-corrected chi connectivity index (χ0v) is 17.1. The lowest BCUT2D eigenvalue weighted by atomic mass is 10.1. The molecule has 2 aliphatic rings. The molecule has 1 aliphatic carbocycles. The fraction of sp³-hybridized carbons (Fsp3) is 0.600. The average molecular weight is 409 g/mol. The first-order valence-electron chi connectivity index (χ1n) is 9.95. The topological polar surface area (TPSA) is 92.8 Å². The van der Waals surface area contributed by atoms with Crippen molar-refractivity contribution in [2.24, 2.45) is 5.92 Å². The number of hydrogen-bond acceptors (Lipinski definition) is 5. The average Bonchev–Trinajstić information content (AvgIpc) is 3.23. The van der Waals surface area contributed by atoms with Crippen molar-refractivity contribution in [2.45, 2.75) is 56.8 Å². The van der Waals surface area contributed by atoms with Crippen molar-refractivity contribution in [2.75, 3.05) is 25.0 Å². The summed E-state index contributed by atoms with van der Waals surface area (Å²) in [5.74, 6) is -0.902. The molecule has 154 valence electrons. The highest BCUT2D eigenvalue weighted by atomic mass is 32.2. The van der Waals surface area contributed by atoms with E-state index in [4.69, 9.17) is 4.74 Å². The summed E-state index contributed by atoms with van der Waals surface area (Å²) in [5, 5.41) is 2.67. The summed E-state index contributed by atoms with van der Waals surface area (Å²) in [4.78, 5) is 24.3. The number of sulfonamides is 1. The molecular weight excluding hydrogens is 380 g/mol. The van der Waals surface area contributed by atoms with Crippen molar-refractivity contribution < 1.29 is 22.7 Å². The smallest absolute Gasteiger partial charge is 0.309 e. The van der Waals surface area contributed by atoms with Crippen molar-refractivity contribution in [3.05, 3.63) is 23.8 Å². The Labute approximate surface area is 166 Å². The molecule has 7 nitrogen and oxygen atoms in total. The van der Waals surface area contributed by atoms with E-state index in [9.17, 15) is 18.0 Å². The van der Waals surface area contributed by atoms with Crippen molar-refractivity contribution in [1.82, 2.24) is 4.31 Å². The van der Waals surface area contributed by atoms with Gasteiger partial charge in [0.15, 0.2) is 6.61 Å². The zero-order valence-electron chi connectivity index (χ0n) is 16.3. The molecule has 1 aromatic carbocycles. The molecule has 0 radical (unpaired) electrons. The van der Waals surface area contributed by atoms with Gasteiger partial charge < -0.3 is 10.1 Å². The van der Waals surface area contributed by atoms with Crippen molar-refractivity contribution in [3.63, 3.8) is 0 Å². The third kappa shape index (κ3) is 4.91. The summed E-state index contributed by atoms with van der Waals surface area (Å²) in [6.07, 6.45) is 6.43. The molecule has 1 amide bonds. The maximum absolute atomic E-state index is 12.8. The van der Waals surface area contributed by atoms with Crippen LogP contribution in [0.1, 0.15) is 50.5 Å². The predicted molar refractivity (Wildman–Crippen MR) is 105 cm³/mol. The van der Waals surface area contributed by atoms with Gasteiger partial charge in [-0.1, -0.05) is 25.3 Å². The van der Waals surface area contributed by atoms with Crippen LogP contribution < -0.4 is 5.32 Å². The summed E-state index contributed by atoms with van der Waals surface area (Å²) in [6, 6.07) is 4.72. The van der Waals surface area contributed by atoms with Crippen molar-refractivity contribution >= 4 is 27.6 Å². The maximum Gasteiger partial charge on any atom is 0.309 e. The number of rotatable bonds is 6. The number of piperidine rings is 1. The standard InChI is InChI=1S/C20H28N2O5S/c1-15-9-10-17(28(25,26)22-11-5-2-6-12-22)13-18(15)21-19(23)14-27-20(24)16-7-3-4-8-16/h9-10,13,16H,2-8,11-12,14H2,1H3,(H,21,23). The van der Waals surface area contributed by atoms with Crippen LogP contribution >= 0.6 is 0 Å². The number of aryl methyl sites for hydroxylation is 1. The van der Waals surface area contributed by atoms with Gasteiger partial charge in [0.05, 0.1) is 10.8 Å². The van der Waals surface area contributed by atoms with Crippen LogP contribution in [0.2, 0.25) is 0 Å². The molecule has 0 bridgehead atoms. The van der Waals surface area contributed by atoms with Crippen LogP contribution in [-0.2, 0) is 24.3 Å². The van der Waals surface area contributed by atoms with Gasteiger partial charge in [0.2, 0.25) is 10.0 Å². The van der Waals surface area contributed by atoms with E-state index in [1.807, 2.05) is 0 Å². The highest BCUT2D eigenvalue weighted by molar-refractivity contribution is 7.89. The highest BCUT2D eigenvalue weighted by Crippen LogP contribution is 2.26. The fourth-order valence-electron chi connectivity index (χ4n) is 3.75. The van der Waals surface area contributed by atoms with Crippen LogP contribution in [0.3, 0.4) is 0 Å². The van der Waals surface area contributed by atoms with Crippen LogP contribution in [0.15, 0.2) is 23.1 Å². The van der Waals surface area contributed by atoms with Crippen molar-refractivity contribution in [3.8, 4) is 0 Å². The number of nitrogens with one attached hydrogen (secondary N) is 1. The predicted octanol–water partition coefficient (Wildman–Crippen LogP) is 2.84. The summed E-state index contributed by atoms with van der Waals surface area (Å²) in [5.41, 5.74) is 1.16. The highest BCUT2D eigenvalue weighted by Gasteiger charge is 2.27. The minimum atomic E-state index is -3.58. The molecule has 1 N–H and O–H groups in total. The molecule has 1 saturated carbocycles. The molecule has 0 spiro atoms. The minimum absolute atomic E-state index is 0.104. The van der Waals surface area contributed by atoms with Crippen LogP contribution in [0, 0.1) is 12.8 Å². The van der Waals surface area contributed by atoms with Gasteiger partial charge in [-0.15, -0.1) is 0 Å². The van der Waals surface area contributed by atoms with E-state index >= 15 is 0 Å². The third-order valence-corrected chi connectivity index (χ3v) is 7.36. The van der Waals surface area contributed by atoms with Gasteiger partial charge >= 0.3 is 5.97 Å². The summed E-state index contributed by atoms with van der Waals surface area (Å²) in [6.45, 7) is 2.47. The fourth-order valence-corrected chi connectivity index (χ4v) is 5.30. The van der Waals surface area contributed by atoms with Gasteiger partial charge in [0.1, 0.15) is 0 Å². The van der Waals surface area contributed by atoms with Gasteiger partial charge in [0.25, 0.3) is 5.91 Å². The summed E-state index contributed by atoms with van der Waals surface area (Å²) in [7, 11) is -3.58. The normalized spacial score (nSPS) is 18.8. The Morgan fingerprint density at radius 1 is 1.11 bits per heavy atom. The molecule has 8 heteroatoms. The number of hydrogen-bond donors (Lipinski definition) is 1. The summed E-state index contributed by atoms with van der Waals surface area (Å²) < 4.78 is 32.3. The Hall–Kier alpha value is -1.93. The third-order valence-electron chi connectivity index (χ3n) is 5.47. The van der Waals surface area contributed by atoms with E-state index in [-0.39, 0.29) is 23.4 Å². The van der Waals surface area contributed by atoms with E-state index in [0.29, 0.717) is 18.8 Å². The van der Waals surface area contributed by atoms with Crippen molar-refractivity contribution in [1.29, 1.82) is 0 Å². The SMILES string of the molecule is Cc1ccc(S(=O)(=O)N2CCCCC2)cc1NC(=O)COC(=O)C1CCCC1. The van der Waals surface area contributed by atoms with Crippen LogP contribution in [0.5, 0.6) is 0 Å². The van der Waals surface area contributed by atoms with E-state index in [2.05, 4.69) is 5.32 Å². The first-order chi connectivity index (χ1) is 13.4. The number of amides is 1. The molecule has 28 heavy (non-hydrogen) atoms. The number of carbonyl (C=O) groups excluding carboxylic acids is 2. The first-order valence-corrected chi connectivity index (χ1v) is 11.4. The Kier molecular flexibility index (Phi) is 6.72. The molecule has 1 heterocycles. The quantitative estimate of drug-likeness (QED) is 0.731. The number of benzene rings is 1. The largest absolute Gasteiger partial charge is 0.455 e. The molecule has 0 aromatic heterocycles. The van der Waals surface area contributed by atoms with Gasteiger partial charge in [0, 0.05) is 18.8 Å². The number of esters is 1. The van der Waals surface area contributed by atoms with Crippen LogP contribution in [-0.4, -0.2) is 44.3 Å². The minimum Gasteiger partial charge on any atom is -0.455 e. The van der Waals surface area contributed by atoms with Gasteiger partial charge in [-0.3, -0.25) is 9.59 Å². The number of ether oxygens (including phenoxy) is 1. The van der Waals surface area contributed by atoms with E-state index in [0.717, 1.165) is 50.5 Å².